The second kappa shape index (κ2) is 14.1. The van der Waals surface area contributed by atoms with Crippen molar-refractivity contribution in [3.05, 3.63) is 48.5 Å². The van der Waals surface area contributed by atoms with Crippen LogP contribution in [0.1, 0.15) is 128 Å². The number of benzene rings is 2. The maximum atomic E-state index is 2.53. The molecule has 234 valence electrons. The van der Waals surface area contributed by atoms with Gasteiger partial charge in [0, 0.05) is 40.5 Å². The van der Waals surface area contributed by atoms with Crippen LogP contribution >= 0.6 is 38.5 Å². The molecule has 2 aromatic heterocycles. The lowest BCUT2D eigenvalue weighted by Crippen LogP contribution is -2.27. The fourth-order valence-electron chi connectivity index (χ4n) is 9.61. The molecule has 4 heteroatoms. The highest BCUT2D eigenvalue weighted by Crippen LogP contribution is 2.62. The molecule has 0 saturated heterocycles. The Balaban J connectivity index is 1.36. The molecular weight excluding hydrogens is 607 g/mol. The molecule has 0 N–H and O–H groups in total. The third-order valence-electron chi connectivity index (χ3n) is 11.7. The van der Waals surface area contributed by atoms with Crippen LogP contribution in [0.25, 0.3) is 31.3 Å². The van der Waals surface area contributed by atoms with Crippen LogP contribution in [0.4, 0.5) is 0 Å². The predicted molar refractivity (Wildman–Crippen MR) is 203 cm³/mol. The Morgan fingerprint density at radius 1 is 0.386 bits per heavy atom. The molecule has 44 heavy (non-hydrogen) atoms. The zero-order valence-corrected chi connectivity index (χ0v) is 30.2. The van der Waals surface area contributed by atoms with E-state index in [1.54, 1.807) is 31.3 Å². The lowest BCUT2D eigenvalue weighted by molar-refractivity contribution is 0.487. The van der Waals surface area contributed by atoms with Gasteiger partial charge in [-0.25, -0.2) is 0 Å². The van der Waals surface area contributed by atoms with Gasteiger partial charge in [-0.05, 0) is 86.1 Å². The molecule has 0 spiro atoms. The molecule has 4 fully saturated rings. The topological polar surface area (TPSA) is 0 Å². The number of thiophene rings is 2. The van der Waals surface area contributed by atoms with Gasteiger partial charge in [0.15, 0.2) is 0 Å². The Labute approximate surface area is 277 Å². The second-order valence-electron chi connectivity index (χ2n) is 14.5. The Bertz CT molecular complexity index is 1370. The SMILES string of the molecule is c1ccc2c(-c3c(P(C4CCCCC4)C4CCCCC4)sc4ccccc34)c(P(C3CCCCC3)C3CCCCC3)sc2c1. The first-order chi connectivity index (χ1) is 21.9. The van der Waals surface area contributed by atoms with Crippen LogP contribution in [-0.2, 0) is 0 Å². The standard InChI is InChI=1S/C40H52P2S2/c1-5-17-29(18-6-1)41(30-19-7-2-8-20-30)39-37(33-25-13-15-27-35(33)43-39)38-34-26-14-16-28-36(34)44-40(38)42(31-21-9-3-10-22-31)32-23-11-4-12-24-32/h13-16,25-32H,1-12,17-24H2. The van der Waals surface area contributed by atoms with E-state index in [2.05, 4.69) is 71.2 Å². The minimum Gasteiger partial charge on any atom is -0.135 e. The molecule has 0 nitrogen and oxygen atoms in total. The van der Waals surface area contributed by atoms with E-state index in [0.29, 0.717) is 0 Å². The van der Waals surface area contributed by atoms with E-state index >= 15 is 0 Å². The Morgan fingerprint density at radius 3 is 1.00 bits per heavy atom. The summed E-state index contributed by atoms with van der Waals surface area (Å²) in [6.07, 6.45) is 29.6. The quantitative estimate of drug-likeness (QED) is 0.173. The Morgan fingerprint density at radius 2 is 0.682 bits per heavy atom. The molecule has 4 saturated carbocycles. The zero-order chi connectivity index (χ0) is 29.3. The van der Waals surface area contributed by atoms with Crippen molar-refractivity contribution >= 4 is 67.9 Å². The van der Waals surface area contributed by atoms with Crippen molar-refractivity contribution in [3.63, 3.8) is 0 Å². The lowest BCUT2D eigenvalue weighted by atomic mass is 9.99. The average Bonchev–Trinajstić information content (AvgIpc) is 3.65. The van der Waals surface area contributed by atoms with Crippen LogP contribution in [0.2, 0.25) is 0 Å². The van der Waals surface area contributed by atoms with Crippen molar-refractivity contribution in [1.29, 1.82) is 0 Å². The first kappa shape index (κ1) is 30.5. The zero-order valence-electron chi connectivity index (χ0n) is 26.8. The summed E-state index contributed by atoms with van der Waals surface area (Å²) >= 11 is 4.52. The molecule has 0 bridgehead atoms. The molecule has 4 aliphatic rings. The summed E-state index contributed by atoms with van der Waals surface area (Å²) in [5, 5.41) is 3.19. The summed E-state index contributed by atoms with van der Waals surface area (Å²) in [5.74, 6) is 0. The second-order valence-corrected chi connectivity index (χ2v) is 22.7. The van der Waals surface area contributed by atoms with E-state index in [9.17, 15) is 0 Å². The highest BCUT2D eigenvalue weighted by atomic mass is 32.1. The normalized spacial score (nSPS) is 22.1. The van der Waals surface area contributed by atoms with Crippen molar-refractivity contribution in [1.82, 2.24) is 0 Å². The average molecular weight is 659 g/mol. The summed E-state index contributed by atoms with van der Waals surface area (Å²) in [7, 11) is -0.300. The van der Waals surface area contributed by atoms with Crippen LogP contribution in [0, 0.1) is 0 Å². The van der Waals surface area contributed by atoms with Gasteiger partial charge in [0.05, 0.1) is 0 Å². The molecule has 4 aromatic rings. The molecule has 8 rings (SSSR count). The summed E-state index contributed by atoms with van der Waals surface area (Å²) in [6.45, 7) is 0. The summed E-state index contributed by atoms with van der Waals surface area (Å²) < 4.78 is 6.90. The molecule has 0 radical (unpaired) electrons. The van der Waals surface area contributed by atoms with Gasteiger partial charge in [-0.1, -0.05) is 129 Å². The summed E-state index contributed by atoms with van der Waals surface area (Å²) in [5.41, 5.74) is 7.28. The van der Waals surface area contributed by atoms with Crippen molar-refractivity contribution in [3.8, 4) is 11.1 Å². The van der Waals surface area contributed by atoms with E-state index in [1.165, 1.54) is 128 Å². The van der Waals surface area contributed by atoms with Gasteiger partial charge >= 0.3 is 0 Å². The van der Waals surface area contributed by atoms with Crippen LogP contribution in [-0.4, -0.2) is 22.6 Å². The monoisotopic (exact) mass is 658 g/mol. The third-order valence-corrected chi connectivity index (χ3v) is 22.1. The van der Waals surface area contributed by atoms with Crippen LogP contribution in [0.5, 0.6) is 0 Å². The highest BCUT2D eigenvalue weighted by Gasteiger charge is 2.39. The Hall–Kier alpha value is -0.780. The van der Waals surface area contributed by atoms with Crippen LogP contribution in [0.15, 0.2) is 48.5 Å². The molecule has 0 unspecified atom stereocenters. The molecule has 0 atom stereocenters. The summed E-state index contributed by atoms with van der Waals surface area (Å²) in [4.78, 5) is 0. The molecule has 0 aliphatic heterocycles. The van der Waals surface area contributed by atoms with E-state index in [1.807, 2.05) is 9.24 Å². The predicted octanol–water partition coefficient (Wildman–Crippen LogP) is 13.3. The minimum atomic E-state index is -0.150. The van der Waals surface area contributed by atoms with Gasteiger partial charge in [0.25, 0.3) is 0 Å². The van der Waals surface area contributed by atoms with E-state index in [-0.39, 0.29) is 15.8 Å². The van der Waals surface area contributed by atoms with Gasteiger partial charge < -0.3 is 0 Å². The molecule has 0 amide bonds. The van der Waals surface area contributed by atoms with Crippen LogP contribution in [0.3, 0.4) is 0 Å². The van der Waals surface area contributed by atoms with Crippen molar-refractivity contribution in [2.24, 2.45) is 0 Å². The van der Waals surface area contributed by atoms with Crippen molar-refractivity contribution < 1.29 is 0 Å². The highest BCUT2D eigenvalue weighted by molar-refractivity contribution is 7.75. The molecule has 2 aromatic carbocycles. The number of fused-ring (bicyclic) bond motifs is 2. The van der Waals surface area contributed by atoms with Gasteiger partial charge in [0.2, 0.25) is 0 Å². The van der Waals surface area contributed by atoms with Gasteiger partial charge in [-0.3, -0.25) is 0 Å². The number of rotatable bonds is 7. The molecule has 4 aliphatic carbocycles. The maximum Gasteiger partial charge on any atom is 0.0375 e. The fraction of sp³-hybridized carbons (Fsp3) is 0.600. The number of hydrogen-bond acceptors (Lipinski definition) is 2. The Kier molecular flexibility index (Phi) is 9.82. The first-order valence-corrected chi connectivity index (χ1v) is 23.1. The van der Waals surface area contributed by atoms with Crippen molar-refractivity contribution in [2.75, 3.05) is 0 Å². The van der Waals surface area contributed by atoms with E-state index in [4.69, 9.17) is 0 Å². The first-order valence-electron chi connectivity index (χ1n) is 18.5. The number of hydrogen-bond donors (Lipinski definition) is 0. The summed E-state index contributed by atoms with van der Waals surface area (Å²) in [6, 6.07) is 19.3. The fourth-order valence-corrected chi connectivity index (χ4v) is 21.9. The maximum absolute atomic E-state index is 2.53. The molecule has 2 heterocycles. The minimum absolute atomic E-state index is 0.150. The van der Waals surface area contributed by atoms with Crippen molar-refractivity contribution in [2.45, 2.75) is 151 Å². The molecular formula is C40H52P2S2. The third kappa shape index (κ3) is 6.02. The van der Waals surface area contributed by atoms with Crippen LogP contribution < -0.4 is 9.24 Å². The largest absolute Gasteiger partial charge is 0.135 e. The van der Waals surface area contributed by atoms with E-state index < -0.39 is 0 Å². The van der Waals surface area contributed by atoms with E-state index in [0.717, 1.165) is 22.6 Å². The van der Waals surface area contributed by atoms with Gasteiger partial charge in [-0.2, -0.15) is 0 Å². The van der Waals surface area contributed by atoms with Gasteiger partial charge in [0.1, 0.15) is 0 Å². The van der Waals surface area contributed by atoms with Gasteiger partial charge in [-0.15, -0.1) is 22.7 Å². The smallest absolute Gasteiger partial charge is 0.0375 e. The lowest BCUT2D eigenvalue weighted by Gasteiger charge is -2.39.